The Bertz CT molecular complexity index is 1410. The van der Waals surface area contributed by atoms with E-state index in [0.29, 0.717) is 41.5 Å². The van der Waals surface area contributed by atoms with E-state index in [9.17, 15) is 19.5 Å². The molecule has 2 atom stereocenters. The number of aryl methyl sites for hydroxylation is 2. The molecule has 0 unspecified atom stereocenters. The van der Waals surface area contributed by atoms with Crippen molar-refractivity contribution < 1.29 is 14.3 Å². The first-order valence-corrected chi connectivity index (χ1v) is 12.3. The Labute approximate surface area is 203 Å². The predicted octanol–water partition coefficient (Wildman–Crippen LogP) is 2.45. The Hall–Kier alpha value is -3.39. The largest absolute Gasteiger partial charge is 0.508 e. The first-order chi connectivity index (χ1) is 16.8. The van der Waals surface area contributed by atoms with Gasteiger partial charge in [0.05, 0.1) is 0 Å². The van der Waals surface area contributed by atoms with Crippen molar-refractivity contribution in [2.75, 3.05) is 26.2 Å². The zero-order valence-electron chi connectivity index (χ0n) is 20.2. The van der Waals surface area contributed by atoms with Gasteiger partial charge in [-0.25, -0.2) is 4.79 Å². The highest BCUT2D eigenvalue weighted by Gasteiger charge is 2.34. The average molecular weight is 478 g/mol. The molecule has 2 aliphatic heterocycles. The molecule has 0 aliphatic carbocycles. The van der Waals surface area contributed by atoms with Crippen molar-refractivity contribution in [2.45, 2.75) is 45.6 Å². The first-order valence-electron chi connectivity index (χ1n) is 12.3. The maximum Gasteiger partial charge on any atom is 0.339 e. The Balaban J connectivity index is 1.16. The van der Waals surface area contributed by atoms with E-state index in [4.69, 9.17) is 4.42 Å². The van der Waals surface area contributed by atoms with Crippen LogP contribution in [0.4, 0.5) is 0 Å². The van der Waals surface area contributed by atoms with E-state index in [1.54, 1.807) is 25.1 Å². The van der Waals surface area contributed by atoms with Crippen LogP contribution in [0.25, 0.3) is 11.0 Å². The molecule has 2 bridgehead atoms. The molecule has 0 spiro atoms. The lowest BCUT2D eigenvalue weighted by atomic mass is 9.83. The summed E-state index contributed by atoms with van der Waals surface area (Å²) >= 11 is 0. The van der Waals surface area contributed by atoms with Crippen LogP contribution in [-0.2, 0) is 17.8 Å². The lowest BCUT2D eigenvalue weighted by Gasteiger charge is -2.42. The van der Waals surface area contributed by atoms with E-state index in [-0.39, 0.29) is 23.6 Å². The van der Waals surface area contributed by atoms with Crippen molar-refractivity contribution >= 4 is 16.9 Å². The molecule has 2 aliphatic rings. The minimum absolute atomic E-state index is 0.0851. The van der Waals surface area contributed by atoms with Crippen molar-refractivity contribution in [2.24, 2.45) is 5.92 Å². The summed E-state index contributed by atoms with van der Waals surface area (Å²) in [6.45, 7) is 7.45. The molecular weight excluding hydrogens is 446 g/mol. The third kappa shape index (κ3) is 4.50. The molecule has 8 heteroatoms. The summed E-state index contributed by atoms with van der Waals surface area (Å²) in [7, 11) is 0. The highest BCUT2D eigenvalue weighted by atomic mass is 16.4. The van der Waals surface area contributed by atoms with E-state index in [1.807, 2.05) is 17.6 Å². The zero-order chi connectivity index (χ0) is 24.7. The molecule has 5 rings (SSSR count). The molecule has 1 aromatic carbocycles. The number of nitrogens with one attached hydrogen (secondary N) is 1. The fraction of sp³-hybridized carbons (Fsp3) is 0.444. The monoisotopic (exact) mass is 477 g/mol. The number of pyridine rings is 1. The summed E-state index contributed by atoms with van der Waals surface area (Å²) in [4.78, 5) is 39.6. The highest BCUT2D eigenvalue weighted by molar-refractivity contribution is 5.85. The maximum absolute atomic E-state index is 12.5. The summed E-state index contributed by atoms with van der Waals surface area (Å²) < 4.78 is 7.40. The van der Waals surface area contributed by atoms with Crippen molar-refractivity contribution in [3.63, 3.8) is 0 Å². The molecule has 8 nitrogen and oxygen atoms in total. The molecule has 0 saturated carbocycles. The Morgan fingerprint density at radius 1 is 1.11 bits per heavy atom. The summed E-state index contributed by atoms with van der Waals surface area (Å²) in [5.74, 6) is 0.799. The van der Waals surface area contributed by atoms with Crippen LogP contribution >= 0.6 is 0 Å². The lowest BCUT2D eigenvalue weighted by molar-refractivity contribution is -0.121. The highest BCUT2D eigenvalue weighted by Crippen LogP contribution is 2.34. The predicted molar refractivity (Wildman–Crippen MR) is 133 cm³/mol. The Morgan fingerprint density at radius 2 is 1.94 bits per heavy atom. The van der Waals surface area contributed by atoms with Gasteiger partial charge in [0.25, 0.3) is 5.56 Å². The van der Waals surface area contributed by atoms with Gasteiger partial charge in [0.2, 0.25) is 5.91 Å². The van der Waals surface area contributed by atoms with Gasteiger partial charge < -0.3 is 24.3 Å². The molecule has 4 heterocycles. The SMILES string of the molecule is Cc1c(CCC(=O)NCCN2C[C@@H]3C[C@H](C2)c2cccc(=O)n2C3)c(=O)oc2c(C)c(O)ccc12. The van der Waals surface area contributed by atoms with Gasteiger partial charge in [0, 0.05) is 73.3 Å². The number of nitrogens with zero attached hydrogens (tertiary/aromatic N) is 2. The van der Waals surface area contributed by atoms with Gasteiger partial charge in [0.1, 0.15) is 11.3 Å². The average Bonchev–Trinajstić information content (AvgIpc) is 2.82. The molecule has 1 fully saturated rings. The number of fused-ring (bicyclic) bond motifs is 5. The standard InChI is InChI=1S/C27H31N3O5/c1-16-20-6-8-23(31)17(2)26(20)35-27(34)21(16)7-9-24(32)28-10-11-29-13-18-12-19(15-29)22-4-3-5-25(33)30(22)14-18/h3-6,8,18-19,31H,7,9-15H2,1-2H3,(H,28,32)/t18-,19+/m0/s1. The quantitative estimate of drug-likeness (QED) is 0.529. The van der Waals surface area contributed by atoms with Crippen LogP contribution < -0.4 is 16.5 Å². The van der Waals surface area contributed by atoms with Gasteiger partial charge in [-0.2, -0.15) is 0 Å². The fourth-order valence-corrected chi connectivity index (χ4v) is 5.73. The number of hydrogen-bond acceptors (Lipinski definition) is 6. The summed E-state index contributed by atoms with van der Waals surface area (Å²) in [5, 5.41) is 13.6. The number of amides is 1. The molecule has 0 radical (unpaired) electrons. The van der Waals surface area contributed by atoms with E-state index < -0.39 is 5.63 Å². The molecule has 3 aromatic rings. The number of hydrogen-bond donors (Lipinski definition) is 2. The van der Waals surface area contributed by atoms with E-state index in [1.165, 1.54) is 0 Å². The summed E-state index contributed by atoms with van der Waals surface area (Å²) in [5.41, 5.74) is 2.95. The van der Waals surface area contributed by atoms with Crippen LogP contribution in [-0.4, -0.2) is 46.7 Å². The number of likely N-dealkylation sites (tertiary alicyclic amines) is 1. The van der Waals surface area contributed by atoms with Crippen molar-refractivity contribution in [3.8, 4) is 5.75 Å². The van der Waals surface area contributed by atoms with Gasteiger partial charge in [0.15, 0.2) is 0 Å². The van der Waals surface area contributed by atoms with E-state index in [0.717, 1.165) is 49.2 Å². The molecule has 1 saturated heterocycles. The van der Waals surface area contributed by atoms with Crippen LogP contribution in [0.1, 0.15) is 41.1 Å². The second-order valence-corrected chi connectivity index (χ2v) is 9.89. The number of aromatic nitrogens is 1. The number of rotatable bonds is 6. The van der Waals surface area contributed by atoms with Gasteiger partial charge >= 0.3 is 5.63 Å². The molecule has 184 valence electrons. The third-order valence-electron chi connectivity index (χ3n) is 7.58. The third-order valence-corrected chi connectivity index (χ3v) is 7.58. The van der Waals surface area contributed by atoms with Gasteiger partial charge in [-0.15, -0.1) is 0 Å². The van der Waals surface area contributed by atoms with Crippen LogP contribution in [0.15, 0.2) is 44.3 Å². The second-order valence-electron chi connectivity index (χ2n) is 9.89. The number of carbonyl (C=O) groups is 1. The molecule has 35 heavy (non-hydrogen) atoms. The van der Waals surface area contributed by atoms with Crippen molar-refractivity contribution in [1.82, 2.24) is 14.8 Å². The number of aromatic hydroxyl groups is 1. The first kappa shape index (κ1) is 23.4. The van der Waals surface area contributed by atoms with Crippen LogP contribution in [0.2, 0.25) is 0 Å². The number of phenolic OH excluding ortho intramolecular Hbond substituents is 1. The molecule has 2 aromatic heterocycles. The zero-order valence-corrected chi connectivity index (χ0v) is 20.2. The topological polar surface area (TPSA) is 105 Å². The Kier molecular flexibility index (Phi) is 6.23. The minimum atomic E-state index is -0.462. The van der Waals surface area contributed by atoms with Gasteiger partial charge in [-0.05, 0) is 56.4 Å². The van der Waals surface area contributed by atoms with Crippen molar-refractivity contribution in [1.29, 1.82) is 0 Å². The minimum Gasteiger partial charge on any atom is -0.508 e. The molecule has 2 N–H and O–H groups in total. The van der Waals surface area contributed by atoms with E-state index in [2.05, 4.69) is 16.3 Å². The van der Waals surface area contributed by atoms with Crippen LogP contribution in [0.5, 0.6) is 5.75 Å². The number of carbonyl (C=O) groups excluding carboxylic acids is 1. The summed E-state index contributed by atoms with van der Waals surface area (Å²) in [6.07, 6.45) is 1.62. The van der Waals surface area contributed by atoms with Crippen LogP contribution in [0, 0.1) is 19.8 Å². The summed E-state index contributed by atoms with van der Waals surface area (Å²) in [6, 6.07) is 8.86. The normalized spacial score (nSPS) is 19.5. The van der Waals surface area contributed by atoms with Crippen LogP contribution in [0.3, 0.4) is 0 Å². The number of piperidine rings is 1. The molecule has 1 amide bonds. The van der Waals surface area contributed by atoms with E-state index >= 15 is 0 Å². The van der Waals surface area contributed by atoms with Gasteiger partial charge in [-0.3, -0.25) is 9.59 Å². The van der Waals surface area contributed by atoms with Crippen molar-refractivity contribution in [3.05, 3.63) is 73.5 Å². The number of benzene rings is 1. The smallest absolute Gasteiger partial charge is 0.339 e. The van der Waals surface area contributed by atoms with Gasteiger partial charge in [-0.1, -0.05) is 6.07 Å². The molecular formula is C27H31N3O5. The maximum atomic E-state index is 12.5. The number of phenols is 1. The lowest BCUT2D eigenvalue weighted by Crippen LogP contribution is -2.48. The fourth-order valence-electron chi connectivity index (χ4n) is 5.73. The second kappa shape index (κ2) is 9.34. The Morgan fingerprint density at radius 3 is 2.77 bits per heavy atom.